The number of hydrogen-bond donors (Lipinski definition) is 0. The Labute approximate surface area is 374 Å². The molecule has 3 aliphatic rings. The van der Waals surface area contributed by atoms with Gasteiger partial charge in [0.2, 0.25) is 0 Å². The average molecular weight is 829 g/mol. The lowest BCUT2D eigenvalue weighted by atomic mass is 9.34. The topological polar surface area (TPSA) is 28.3 Å². The minimum Gasteiger partial charge on any atom is -0.458 e. The summed E-state index contributed by atoms with van der Waals surface area (Å²) >= 11 is 0. The monoisotopic (exact) mass is 828 g/mol. The van der Waals surface area contributed by atoms with Crippen LogP contribution in [0, 0.1) is 0 Å². The summed E-state index contributed by atoms with van der Waals surface area (Å²) in [6, 6.07) is 56.3. The number of hydrogen-bond acceptors (Lipinski definition) is 2. The van der Waals surface area contributed by atoms with Crippen LogP contribution in [0.15, 0.2) is 152 Å². The second-order valence-corrected chi connectivity index (χ2v) is 20.9. The maximum absolute atomic E-state index is 7.47. The standard InChI is InChI=1S/C59H49BN2O2/c1-57(2,3)34-26-29-48-41(30-34)60-42-33-47(54-53(37-20-12-15-23-40(37)59(54,7)8)56(42)64-50-32-35(58(4,5)6)31-49(63-48)55(50)60)62-44-25-17-14-22-39(44)52-46(62)28-27-45-51(52)38-21-13-16-24-43(38)61(45)36-18-10-9-11-19-36/h9-33H,1-8H3. The number of ether oxygens (including phenoxy) is 2. The van der Waals surface area contributed by atoms with E-state index in [0.29, 0.717) is 0 Å². The first-order chi connectivity index (χ1) is 30.8. The summed E-state index contributed by atoms with van der Waals surface area (Å²) in [5, 5.41) is 5.03. The third kappa shape index (κ3) is 4.96. The Morgan fingerprint density at radius 1 is 0.500 bits per heavy atom. The maximum Gasteiger partial charge on any atom is 0.260 e. The fourth-order valence-electron chi connectivity index (χ4n) is 11.6. The van der Waals surface area contributed by atoms with E-state index in [-0.39, 0.29) is 23.0 Å². The highest BCUT2D eigenvalue weighted by atomic mass is 16.5. The molecule has 8 aromatic carbocycles. The molecule has 0 spiro atoms. The molecule has 2 aromatic heterocycles. The minimum atomic E-state index is -0.337. The van der Waals surface area contributed by atoms with E-state index in [1.54, 1.807) is 0 Å². The molecule has 10 aromatic rings. The predicted molar refractivity (Wildman–Crippen MR) is 268 cm³/mol. The Morgan fingerprint density at radius 2 is 1.09 bits per heavy atom. The Kier molecular flexibility index (Phi) is 7.40. The van der Waals surface area contributed by atoms with Crippen molar-refractivity contribution in [2.24, 2.45) is 0 Å². The zero-order chi connectivity index (χ0) is 43.6. The van der Waals surface area contributed by atoms with Crippen LogP contribution >= 0.6 is 0 Å². The minimum absolute atomic E-state index is 0.0494. The van der Waals surface area contributed by atoms with E-state index in [1.165, 1.54) is 93.6 Å². The van der Waals surface area contributed by atoms with Crippen molar-refractivity contribution in [3.8, 4) is 45.5 Å². The Balaban J connectivity index is 1.18. The van der Waals surface area contributed by atoms with Crippen molar-refractivity contribution in [3.63, 3.8) is 0 Å². The van der Waals surface area contributed by atoms with E-state index in [4.69, 9.17) is 9.47 Å². The van der Waals surface area contributed by atoms with E-state index in [2.05, 4.69) is 216 Å². The van der Waals surface area contributed by atoms with Crippen molar-refractivity contribution in [2.45, 2.75) is 71.6 Å². The highest BCUT2D eigenvalue weighted by Gasteiger charge is 2.47. The normalized spacial score (nSPS) is 14.6. The summed E-state index contributed by atoms with van der Waals surface area (Å²) in [6.45, 7) is 18.4. The molecular formula is C59H49BN2O2. The van der Waals surface area contributed by atoms with Gasteiger partial charge < -0.3 is 18.6 Å². The van der Waals surface area contributed by atoms with Crippen LogP contribution in [0.4, 0.5) is 0 Å². The summed E-state index contributed by atoms with van der Waals surface area (Å²) in [5.41, 5.74) is 17.6. The van der Waals surface area contributed by atoms with Gasteiger partial charge in [-0.05, 0) is 110 Å². The maximum atomic E-state index is 7.47. The number of rotatable bonds is 2. The lowest BCUT2D eigenvalue weighted by molar-refractivity contribution is 0.458. The van der Waals surface area contributed by atoms with E-state index in [0.717, 1.165) is 34.1 Å². The molecule has 0 bridgehead atoms. The molecule has 0 saturated heterocycles. The van der Waals surface area contributed by atoms with Gasteiger partial charge in [0.25, 0.3) is 6.71 Å². The van der Waals surface area contributed by atoms with Crippen LogP contribution in [0.3, 0.4) is 0 Å². The summed E-state index contributed by atoms with van der Waals surface area (Å²) in [6.07, 6.45) is 0. The molecule has 310 valence electrons. The molecule has 64 heavy (non-hydrogen) atoms. The highest BCUT2D eigenvalue weighted by molar-refractivity contribution is 6.98. The number of fused-ring (bicyclic) bond motifs is 15. The highest BCUT2D eigenvalue weighted by Crippen LogP contribution is 2.57. The fourth-order valence-corrected chi connectivity index (χ4v) is 11.6. The van der Waals surface area contributed by atoms with Gasteiger partial charge in [-0.2, -0.15) is 0 Å². The third-order valence-electron chi connectivity index (χ3n) is 14.7. The second-order valence-electron chi connectivity index (χ2n) is 20.9. The van der Waals surface area contributed by atoms with Crippen molar-refractivity contribution >= 4 is 66.7 Å². The summed E-state index contributed by atoms with van der Waals surface area (Å²) in [4.78, 5) is 0. The van der Waals surface area contributed by atoms with E-state index < -0.39 is 0 Å². The van der Waals surface area contributed by atoms with Crippen molar-refractivity contribution in [3.05, 3.63) is 174 Å². The van der Waals surface area contributed by atoms with Crippen LogP contribution in [0.25, 0.3) is 66.1 Å². The van der Waals surface area contributed by atoms with Gasteiger partial charge >= 0.3 is 0 Å². The van der Waals surface area contributed by atoms with Gasteiger partial charge in [-0.15, -0.1) is 0 Å². The van der Waals surface area contributed by atoms with Crippen LogP contribution in [0.5, 0.6) is 23.0 Å². The molecule has 4 heterocycles. The summed E-state index contributed by atoms with van der Waals surface area (Å²) in [5.74, 6) is 3.63. The van der Waals surface area contributed by atoms with Crippen LogP contribution in [-0.4, -0.2) is 15.8 Å². The predicted octanol–water partition coefficient (Wildman–Crippen LogP) is 13.5. The zero-order valence-electron chi connectivity index (χ0n) is 37.7. The first kappa shape index (κ1) is 37.6. The van der Waals surface area contributed by atoms with Gasteiger partial charge in [0, 0.05) is 43.7 Å². The van der Waals surface area contributed by atoms with Gasteiger partial charge in [0.1, 0.15) is 23.0 Å². The zero-order valence-corrected chi connectivity index (χ0v) is 37.7. The Hall–Kier alpha value is -6.98. The molecular weight excluding hydrogens is 779 g/mol. The van der Waals surface area contributed by atoms with Gasteiger partial charge in [0.05, 0.1) is 27.8 Å². The van der Waals surface area contributed by atoms with Gasteiger partial charge in [-0.25, -0.2) is 0 Å². The third-order valence-corrected chi connectivity index (χ3v) is 14.7. The van der Waals surface area contributed by atoms with Gasteiger partial charge in [0.15, 0.2) is 0 Å². The van der Waals surface area contributed by atoms with Crippen LogP contribution < -0.4 is 25.9 Å². The number of aromatic nitrogens is 2. The van der Waals surface area contributed by atoms with Crippen molar-refractivity contribution < 1.29 is 9.47 Å². The molecule has 1 aliphatic carbocycles. The van der Waals surface area contributed by atoms with Crippen LogP contribution in [0.2, 0.25) is 0 Å². The molecule has 2 aliphatic heterocycles. The van der Waals surface area contributed by atoms with Crippen molar-refractivity contribution in [2.75, 3.05) is 0 Å². The molecule has 0 radical (unpaired) electrons. The first-order valence-corrected chi connectivity index (χ1v) is 22.8. The lowest BCUT2D eigenvalue weighted by Gasteiger charge is -2.37. The van der Waals surface area contributed by atoms with Crippen molar-refractivity contribution in [1.29, 1.82) is 0 Å². The van der Waals surface area contributed by atoms with E-state index >= 15 is 0 Å². The molecule has 0 saturated carbocycles. The van der Waals surface area contributed by atoms with Gasteiger partial charge in [-0.3, -0.25) is 0 Å². The number of nitrogens with zero attached hydrogens (tertiary/aromatic N) is 2. The SMILES string of the molecule is CC(C)(C)c1cc2c3c(c1)Oc1c(cc(-n4c5ccccc5c5c6c7ccccc7n(-c7ccccc7)c6ccc54)c4c1-c1ccccc1C4(C)C)B3c1cc(C(C)(C)C)ccc1O2. The molecule has 0 amide bonds. The van der Waals surface area contributed by atoms with Crippen molar-refractivity contribution in [1.82, 2.24) is 9.13 Å². The largest absolute Gasteiger partial charge is 0.458 e. The average Bonchev–Trinajstić information content (AvgIpc) is 3.89. The number of benzene rings is 8. The molecule has 13 rings (SSSR count). The Bertz CT molecular complexity index is 3670. The van der Waals surface area contributed by atoms with E-state index in [9.17, 15) is 0 Å². The second kappa shape index (κ2) is 12.6. The Morgan fingerprint density at radius 3 is 1.78 bits per heavy atom. The smallest absolute Gasteiger partial charge is 0.260 e. The quantitative estimate of drug-likeness (QED) is 0.162. The number of para-hydroxylation sites is 3. The lowest BCUT2D eigenvalue weighted by Crippen LogP contribution is -2.58. The van der Waals surface area contributed by atoms with E-state index in [1.807, 2.05) is 0 Å². The molecule has 0 N–H and O–H groups in total. The molecule has 0 unspecified atom stereocenters. The molecule has 0 fully saturated rings. The van der Waals surface area contributed by atoms with Crippen LogP contribution in [0.1, 0.15) is 77.6 Å². The van der Waals surface area contributed by atoms with Crippen LogP contribution in [-0.2, 0) is 16.2 Å². The molecule has 4 nitrogen and oxygen atoms in total. The summed E-state index contributed by atoms with van der Waals surface area (Å²) < 4.78 is 19.4. The summed E-state index contributed by atoms with van der Waals surface area (Å²) in [7, 11) is 0. The molecule has 0 atom stereocenters. The fraction of sp³-hybridized carbons (Fsp3) is 0.186. The molecule has 5 heteroatoms. The van der Waals surface area contributed by atoms with Gasteiger partial charge in [-0.1, -0.05) is 146 Å². The first-order valence-electron chi connectivity index (χ1n) is 22.8.